The molecule has 2 rings (SSSR count). The van der Waals surface area contributed by atoms with E-state index in [1.165, 1.54) is 18.4 Å². The van der Waals surface area contributed by atoms with Crippen LogP contribution in [0.3, 0.4) is 0 Å². The van der Waals surface area contributed by atoms with Crippen LogP contribution in [0.15, 0.2) is 24.3 Å². The predicted molar refractivity (Wildman–Crippen MR) is 80.9 cm³/mol. The first-order valence-electron chi connectivity index (χ1n) is 7.25. The fourth-order valence-electron chi connectivity index (χ4n) is 2.62. The van der Waals surface area contributed by atoms with Crippen molar-refractivity contribution in [3.05, 3.63) is 34.9 Å². The van der Waals surface area contributed by atoms with Crippen molar-refractivity contribution in [2.24, 2.45) is 0 Å². The van der Waals surface area contributed by atoms with E-state index >= 15 is 0 Å². The van der Waals surface area contributed by atoms with Gasteiger partial charge in [-0.1, -0.05) is 37.6 Å². The highest BCUT2D eigenvalue weighted by Crippen LogP contribution is 2.28. The van der Waals surface area contributed by atoms with E-state index in [4.69, 9.17) is 16.3 Å². The summed E-state index contributed by atoms with van der Waals surface area (Å²) in [6, 6.07) is 8.74. The zero-order valence-electron chi connectivity index (χ0n) is 11.9. The van der Waals surface area contributed by atoms with Crippen LogP contribution in [0.1, 0.15) is 44.6 Å². The Labute approximate surface area is 121 Å². The zero-order chi connectivity index (χ0) is 13.7. The third kappa shape index (κ3) is 4.79. The number of halogens is 1. The van der Waals surface area contributed by atoms with Gasteiger partial charge in [-0.15, -0.1) is 0 Å². The summed E-state index contributed by atoms with van der Waals surface area (Å²) < 4.78 is 5.78. The van der Waals surface area contributed by atoms with Gasteiger partial charge < -0.3 is 10.1 Å². The predicted octanol–water partition coefficient (Wildman–Crippen LogP) is 3.99. The van der Waals surface area contributed by atoms with Crippen LogP contribution in [-0.4, -0.2) is 25.3 Å². The van der Waals surface area contributed by atoms with Crippen LogP contribution in [0.2, 0.25) is 5.02 Å². The van der Waals surface area contributed by atoms with Gasteiger partial charge in [0.05, 0.1) is 6.10 Å². The van der Waals surface area contributed by atoms with Gasteiger partial charge in [-0.3, -0.25) is 0 Å². The van der Waals surface area contributed by atoms with Crippen LogP contribution < -0.4 is 5.32 Å². The molecule has 0 bridgehead atoms. The van der Waals surface area contributed by atoms with Crippen molar-refractivity contribution in [2.75, 3.05) is 13.2 Å². The van der Waals surface area contributed by atoms with E-state index in [-0.39, 0.29) is 0 Å². The van der Waals surface area contributed by atoms with Crippen molar-refractivity contribution < 1.29 is 4.74 Å². The molecular formula is C16H24ClNO. The van der Waals surface area contributed by atoms with Crippen molar-refractivity contribution in [2.45, 2.75) is 51.2 Å². The Hall–Kier alpha value is -0.570. The number of rotatable bonds is 6. The topological polar surface area (TPSA) is 21.3 Å². The molecule has 0 saturated carbocycles. The fourth-order valence-corrected chi connectivity index (χ4v) is 2.82. The Balaban J connectivity index is 2.03. The van der Waals surface area contributed by atoms with Crippen LogP contribution in [0, 0.1) is 0 Å². The lowest BCUT2D eigenvalue weighted by molar-refractivity contribution is 0.0975. The summed E-state index contributed by atoms with van der Waals surface area (Å²) in [7, 11) is 0. The highest BCUT2D eigenvalue weighted by Gasteiger charge is 2.22. The molecule has 19 heavy (non-hydrogen) atoms. The monoisotopic (exact) mass is 281 g/mol. The van der Waals surface area contributed by atoms with E-state index in [1.807, 2.05) is 12.1 Å². The molecule has 0 amide bonds. The van der Waals surface area contributed by atoms with Crippen molar-refractivity contribution in [1.29, 1.82) is 0 Å². The van der Waals surface area contributed by atoms with Gasteiger partial charge in [0.25, 0.3) is 0 Å². The molecule has 1 heterocycles. The quantitative estimate of drug-likeness (QED) is 0.851. The van der Waals surface area contributed by atoms with Gasteiger partial charge in [0.2, 0.25) is 0 Å². The summed E-state index contributed by atoms with van der Waals surface area (Å²) in [5.74, 6) is 0.476. The lowest BCUT2D eigenvalue weighted by Gasteiger charge is -2.22. The maximum Gasteiger partial charge on any atom is 0.0582 e. The summed E-state index contributed by atoms with van der Waals surface area (Å²) >= 11 is 6.12. The number of nitrogens with one attached hydrogen (secondary N) is 1. The summed E-state index contributed by atoms with van der Waals surface area (Å²) in [6.07, 6.45) is 3.89. The molecule has 1 aliphatic heterocycles. The molecule has 1 saturated heterocycles. The van der Waals surface area contributed by atoms with E-state index in [0.717, 1.165) is 24.6 Å². The maximum absolute atomic E-state index is 6.12. The Bertz CT molecular complexity index is 388. The van der Waals surface area contributed by atoms with E-state index in [1.54, 1.807) is 0 Å². The first-order chi connectivity index (χ1) is 9.15. The average Bonchev–Trinajstić information content (AvgIpc) is 2.87. The Morgan fingerprint density at radius 1 is 1.42 bits per heavy atom. The van der Waals surface area contributed by atoms with E-state index < -0.39 is 0 Å². The summed E-state index contributed by atoms with van der Waals surface area (Å²) in [6.45, 7) is 6.27. The largest absolute Gasteiger partial charge is 0.378 e. The second-order valence-corrected chi connectivity index (χ2v) is 6.12. The molecule has 1 aromatic carbocycles. The lowest BCUT2D eigenvalue weighted by Crippen LogP contribution is -2.29. The number of hydrogen-bond acceptors (Lipinski definition) is 2. The Kier molecular flexibility index (Phi) is 5.68. The van der Waals surface area contributed by atoms with Gasteiger partial charge in [0.1, 0.15) is 0 Å². The molecule has 1 aliphatic rings. The molecule has 2 nitrogen and oxygen atoms in total. The molecule has 2 atom stereocenters. The van der Waals surface area contributed by atoms with Gasteiger partial charge in [0.15, 0.2) is 0 Å². The lowest BCUT2D eigenvalue weighted by atomic mass is 9.92. The van der Waals surface area contributed by atoms with Crippen molar-refractivity contribution in [1.82, 2.24) is 5.32 Å². The molecular weight excluding hydrogens is 258 g/mol. The van der Waals surface area contributed by atoms with Crippen molar-refractivity contribution >= 4 is 11.6 Å². The molecule has 0 aromatic heterocycles. The van der Waals surface area contributed by atoms with Gasteiger partial charge in [-0.05, 0) is 42.9 Å². The third-order valence-corrected chi connectivity index (χ3v) is 3.90. The minimum atomic E-state index is 0.415. The van der Waals surface area contributed by atoms with E-state index in [9.17, 15) is 0 Å². The van der Waals surface area contributed by atoms with Gasteiger partial charge in [-0.25, -0.2) is 0 Å². The molecule has 1 fully saturated rings. The molecule has 0 radical (unpaired) electrons. The van der Waals surface area contributed by atoms with Crippen LogP contribution in [-0.2, 0) is 4.74 Å². The normalized spacial score (nSPS) is 20.9. The number of hydrogen-bond donors (Lipinski definition) is 1. The first-order valence-corrected chi connectivity index (χ1v) is 7.63. The van der Waals surface area contributed by atoms with E-state index in [2.05, 4.69) is 31.3 Å². The Morgan fingerprint density at radius 2 is 2.26 bits per heavy atom. The van der Waals surface area contributed by atoms with Gasteiger partial charge in [0, 0.05) is 24.2 Å². The van der Waals surface area contributed by atoms with Gasteiger partial charge >= 0.3 is 0 Å². The van der Waals surface area contributed by atoms with E-state index in [0.29, 0.717) is 18.1 Å². The summed E-state index contributed by atoms with van der Waals surface area (Å²) in [4.78, 5) is 0. The molecule has 1 N–H and O–H groups in total. The summed E-state index contributed by atoms with van der Waals surface area (Å²) in [5, 5.41) is 4.36. The average molecular weight is 282 g/mol. The molecule has 1 aromatic rings. The standard InChI is InChI=1S/C16H24ClNO/c1-12(2)18-11-14(10-16-7-4-8-19-16)13-5-3-6-15(17)9-13/h3,5-6,9,12,14,16,18H,4,7-8,10-11H2,1-2H3. The van der Waals surface area contributed by atoms with Crippen LogP contribution in [0.4, 0.5) is 0 Å². The maximum atomic E-state index is 6.12. The van der Waals surface area contributed by atoms with Crippen LogP contribution >= 0.6 is 11.6 Å². The number of benzene rings is 1. The molecule has 2 unspecified atom stereocenters. The molecule has 3 heteroatoms. The smallest absolute Gasteiger partial charge is 0.0582 e. The highest BCUT2D eigenvalue weighted by atomic mass is 35.5. The Morgan fingerprint density at radius 3 is 2.89 bits per heavy atom. The second kappa shape index (κ2) is 7.28. The molecule has 0 spiro atoms. The summed E-state index contributed by atoms with van der Waals surface area (Å²) in [5.41, 5.74) is 1.32. The van der Waals surface area contributed by atoms with Crippen molar-refractivity contribution in [3.8, 4) is 0 Å². The zero-order valence-corrected chi connectivity index (χ0v) is 12.6. The molecule has 106 valence electrons. The third-order valence-electron chi connectivity index (χ3n) is 3.66. The second-order valence-electron chi connectivity index (χ2n) is 5.69. The minimum absolute atomic E-state index is 0.415. The van der Waals surface area contributed by atoms with Crippen LogP contribution in [0.5, 0.6) is 0 Å². The number of ether oxygens (including phenoxy) is 1. The highest BCUT2D eigenvalue weighted by molar-refractivity contribution is 6.30. The van der Waals surface area contributed by atoms with Gasteiger partial charge in [-0.2, -0.15) is 0 Å². The van der Waals surface area contributed by atoms with Crippen LogP contribution in [0.25, 0.3) is 0 Å². The fraction of sp³-hybridized carbons (Fsp3) is 0.625. The van der Waals surface area contributed by atoms with Crippen molar-refractivity contribution in [3.63, 3.8) is 0 Å². The SMILES string of the molecule is CC(C)NCC(CC1CCCO1)c1cccc(Cl)c1. The first kappa shape index (κ1) is 14.8. The minimum Gasteiger partial charge on any atom is -0.378 e. The molecule has 0 aliphatic carbocycles.